The van der Waals surface area contributed by atoms with Crippen molar-refractivity contribution < 1.29 is 14.3 Å². The summed E-state index contributed by atoms with van der Waals surface area (Å²) in [4.78, 5) is 11.1. The Hall–Kier alpha value is -0.410. The van der Waals surface area contributed by atoms with Crippen LogP contribution in [0, 0.1) is 5.92 Å². The molecule has 0 radical (unpaired) electrons. The van der Waals surface area contributed by atoms with Crippen molar-refractivity contribution in [3.8, 4) is 0 Å². The average molecular weight is 258 g/mol. The summed E-state index contributed by atoms with van der Waals surface area (Å²) in [5.74, 6) is 0.800. The highest BCUT2D eigenvalue weighted by Crippen LogP contribution is 2.20. The van der Waals surface area contributed by atoms with Crippen molar-refractivity contribution >= 4 is 5.78 Å². The standard InChI is InChI=1S/C15H30O3/c1-12(2)8-9-17-15(6,7)11-18-14(4,5)10-13(3)16/h12H,8-11H2,1-7H3. The van der Waals surface area contributed by atoms with E-state index in [4.69, 9.17) is 9.47 Å². The molecule has 0 aliphatic carbocycles. The second-order valence-corrected chi connectivity index (χ2v) is 6.72. The van der Waals surface area contributed by atoms with Crippen molar-refractivity contribution in [2.24, 2.45) is 5.92 Å². The van der Waals surface area contributed by atoms with Crippen LogP contribution in [0.25, 0.3) is 0 Å². The zero-order chi connectivity index (χ0) is 14.4. The van der Waals surface area contributed by atoms with Crippen molar-refractivity contribution in [1.29, 1.82) is 0 Å². The molecule has 0 aromatic heterocycles. The molecule has 0 spiro atoms. The maximum Gasteiger partial charge on any atom is 0.132 e. The molecule has 3 heteroatoms. The lowest BCUT2D eigenvalue weighted by Crippen LogP contribution is -2.37. The third-order valence-corrected chi connectivity index (χ3v) is 2.67. The van der Waals surface area contributed by atoms with Gasteiger partial charge >= 0.3 is 0 Å². The zero-order valence-electron chi connectivity index (χ0n) is 13.1. The lowest BCUT2D eigenvalue weighted by atomic mass is 10.0. The van der Waals surface area contributed by atoms with Crippen LogP contribution >= 0.6 is 0 Å². The van der Waals surface area contributed by atoms with E-state index in [2.05, 4.69) is 13.8 Å². The summed E-state index contributed by atoms with van der Waals surface area (Å²) in [5, 5.41) is 0. The second kappa shape index (κ2) is 7.25. The summed E-state index contributed by atoms with van der Waals surface area (Å²) in [6, 6.07) is 0. The topological polar surface area (TPSA) is 35.5 Å². The first-order valence-corrected chi connectivity index (χ1v) is 6.81. The number of hydrogen-bond acceptors (Lipinski definition) is 3. The summed E-state index contributed by atoms with van der Waals surface area (Å²) < 4.78 is 11.6. The Morgan fingerprint density at radius 2 is 1.61 bits per heavy atom. The van der Waals surface area contributed by atoms with E-state index in [0.717, 1.165) is 13.0 Å². The van der Waals surface area contributed by atoms with Crippen LogP contribution in [0.2, 0.25) is 0 Å². The van der Waals surface area contributed by atoms with E-state index in [-0.39, 0.29) is 11.4 Å². The highest BCUT2D eigenvalue weighted by Gasteiger charge is 2.26. The molecular weight excluding hydrogens is 228 g/mol. The van der Waals surface area contributed by atoms with Crippen LogP contribution in [-0.4, -0.2) is 30.2 Å². The summed E-state index contributed by atoms with van der Waals surface area (Å²) in [6.07, 6.45) is 1.50. The fourth-order valence-electron chi connectivity index (χ4n) is 1.63. The average Bonchev–Trinajstić information content (AvgIpc) is 2.12. The Kier molecular flexibility index (Phi) is 7.08. The molecule has 3 nitrogen and oxygen atoms in total. The molecule has 0 rings (SSSR count). The minimum Gasteiger partial charge on any atom is -0.373 e. The summed E-state index contributed by atoms with van der Waals surface area (Å²) in [5.41, 5.74) is -0.715. The maximum atomic E-state index is 11.1. The molecule has 0 aromatic carbocycles. The normalized spacial score (nSPS) is 13.1. The molecule has 0 aromatic rings. The fourth-order valence-corrected chi connectivity index (χ4v) is 1.63. The van der Waals surface area contributed by atoms with Crippen molar-refractivity contribution in [3.63, 3.8) is 0 Å². The van der Waals surface area contributed by atoms with E-state index < -0.39 is 5.60 Å². The van der Waals surface area contributed by atoms with E-state index in [1.54, 1.807) is 6.92 Å². The van der Waals surface area contributed by atoms with Crippen LogP contribution in [0.5, 0.6) is 0 Å². The number of hydrogen-bond donors (Lipinski definition) is 0. The summed E-state index contributed by atoms with van der Waals surface area (Å²) >= 11 is 0. The van der Waals surface area contributed by atoms with Crippen molar-refractivity contribution in [2.45, 2.75) is 72.5 Å². The molecule has 0 heterocycles. The van der Waals surface area contributed by atoms with Gasteiger partial charge in [-0.2, -0.15) is 0 Å². The van der Waals surface area contributed by atoms with Gasteiger partial charge in [-0.1, -0.05) is 13.8 Å². The van der Waals surface area contributed by atoms with Gasteiger partial charge in [0.05, 0.1) is 17.8 Å². The van der Waals surface area contributed by atoms with E-state index in [0.29, 0.717) is 18.9 Å². The van der Waals surface area contributed by atoms with Crippen molar-refractivity contribution in [3.05, 3.63) is 0 Å². The molecule has 0 atom stereocenters. The smallest absolute Gasteiger partial charge is 0.132 e. The van der Waals surface area contributed by atoms with Gasteiger partial charge < -0.3 is 9.47 Å². The Labute approximate surface area is 112 Å². The highest BCUT2D eigenvalue weighted by atomic mass is 16.6. The van der Waals surface area contributed by atoms with E-state index in [1.165, 1.54) is 0 Å². The minimum absolute atomic E-state index is 0.151. The first-order chi connectivity index (χ1) is 8.04. The van der Waals surface area contributed by atoms with Crippen molar-refractivity contribution in [1.82, 2.24) is 0 Å². The zero-order valence-corrected chi connectivity index (χ0v) is 13.1. The lowest BCUT2D eigenvalue weighted by molar-refractivity contribution is -0.137. The molecule has 0 aliphatic rings. The largest absolute Gasteiger partial charge is 0.373 e. The third-order valence-electron chi connectivity index (χ3n) is 2.67. The van der Waals surface area contributed by atoms with Gasteiger partial charge in [-0.3, -0.25) is 4.79 Å². The van der Waals surface area contributed by atoms with Crippen LogP contribution in [0.15, 0.2) is 0 Å². The Morgan fingerprint density at radius 1 is 1.06 bits per heavy atom. The third kappa shape index (κ3) is 9.60. The number of carbonyl (C=O) groups excluding carboxylic acids is 1. The van der Waals surface area contributed by atoms with E-state index in [1.807, 2.05) is 27.7 Å². The fraction of sp³-hybridized carbons (Fsp3) is 0.933. The predicted molar refractivity (Wildman–Crippen MR) is 74.8 cm³/mol. The second-order valence-electron chi connectivity index (χ2n) is 6.72. The molecule has 0 unspecified atom stereocenters. The van der Waals surface area contributed by atoms with Gasteiger partial charge in [0.25, 0.3) is 0 Å². The quantitative estimate of drug-likeness (QED) is 0.634. The van der Waals surface area contributed by atoms with Gasteiger partial charge in [0, 0.05) is 13.0 Å². The van der Waals surface area contributed by atoms with Crippen molar-refractivity contribution in [2.75, 3.05) is 13.2 Å². The van der Waals surface area contributed by atoms with Crippen LogP contribution in [-0.2, 0) is 14.3 Å². The Morgan fingerprint density at radius 3 is 2.06 bits per heavy atom. The first-order valence-electron chi connectivity index (χ1n) is 6.81. The molecule has 0 bridgehead atoms. The molecule has 0 amide bonds. The Balaban J connectivity index is 4.05. The number of ketones is 1. The van der Waals surface area contributed by atoms with Crippen LogP contribution in [0.1, 0.15) is 61.3 Å². The van der Waals surface area contributed by atoms with Crippen LogP contribution < -0.4 is 0 Å². The highest BCUT2D eigenvalue weighted by molar-refractivity contribution is 5.76. The lowest BCUT2D eigenvalue weighted by Gasteiger charge is -2.31. The van der Waals surface area contributed by atoms with Crippen LogP contribution in [0.3, 0.4) is 0 Å². The number of Topliss-reactive ketones (excluding diaryl/α,β-unsaturated/α-hetero) is 1. The predicted octanol–water partition coefficient (Wildman–Crippen LogP) is 3.60. The molecule has 0 saturated heterocycles. The maximum absolute atomic E-state index is 11.1. The molecular formula is C15H30O3. The summed E-state index contributed by atoms with van der Waals surface area (Å²) in [6.45, 7) is 15.2. The molecule has 18 heavy (non-hydrogen) atoms. The Bertz CT molecular complexity index is 254. The first kappa shape index (κ1) is 17.6. The molecule has 0 fully saturated rings. The number of ether oxygens (including phenoxy) is 2. The minimum atomic E-state index is -0.412. The number of rotatable bonds is 9. The molecule has 0 N–H and O–H groups in total. The summed E-state index contributed by atoms with van der Waals surface area (Å²) in [7, 11) is 0. The van der Waals surface area contributed by atoms with Crippen LogP contribution in [0.4, 0.5) is 0 Å². The van der Waals surface area contributed by atoms with E-state index >= 15 is 0 Å². The molecule has 0 saturated carbocycles. The van der Waals surface area contributed by atoms with E-state index in [9.17, 15) is 4.79 Å². The van der Waals surface area contributed by atoms with Gasteiger partial charge in [0.1, 0.15) is 5.78 Å². The van der Waals surface area contributed by atoms with Gasteiger partial charge in [-0.05, 0) is 47.0 Å². The molecule has 108 valence electrons. The SMILES string of the molecule is CC(=O)CC(C)(C)OCC(C)(C)OCCC(C)C. The van der Waals surface area contributed by atoms with Gasteiger partial charge in [-0.15, -0.1) is 0 Å². The van der Waals surface area contributed by atoms with Gasteiger partial charge in [0.2, 0.25) is 0 Å². The monoisotopic (exact) mass is 258 g/mol. The van der Waals surface area contributed by atoms with Gasteiger partial charge in [-0.25, -0.2) is 0 Å². The molecule has 0 aliphatic heterocycles. The number of carbonyl (C=O) groups is 1. The van der Waals surface area contributed by atoms with Gasteiger partial charge in [0.15, 0.2) is 0 Å².